The van der Waals surface area contributed by atoms with Gasteiger partial charge in [-0.25, -0.2) is 4.98 Å². The number of hydrogen-bond donors (Lipinski definition) is 2. The first-order valence-corrected chi connectivity index (χ1v) is 7.08. The van der Waals surface area contributed by atoms with E-state index in [0.717, 1.165) is 19.6 Å². The number of nitrogens with zero attached hydrogens (tertiary/aromatic N) is 3. The summed E-state index contributed by atoms with van der Waals surface area (Å²) in [7, 11) is 0. The van der Waals surface area contributed by atoms with E-state index in [9.17, 15) is 10.1 Å². The Morgan fingerprint density at radius 3 is 3.10 bits per heavy atom. The molecule has 1 aliphatic heterocycles. The third-order valence-corrected chi connectivity index (χ3v) is 3.71. The molecule has 1 unspecified atom stereocenters. The quantitative estimate of drug-likeness (QED) is 0.659. The fraction of sp³-hybridized carbons (Fsp3) is 0.429. The van der Waals surface area contributed by atoms with Crippen molar-refractivity contribution in [2.75, 3.05) is 25.0 Å². The van der Waals surface area contributed by atoms with Crippen LogP contribution in [0.2, 0.25) is 0 Å². The van der Waals surface area contributed by atoms with Crippen molar-refractivity contribution in [2.45, 2.75) is 12.8 Å². The van der Waals surface area contributed by atoms with Crippen LogP contribution in [0.15, 0.2) is 24.4 Å². The van der Waals surface area contributed by atoms with E-state index < -0.39 is 4.92 Å². The van der Waals surface area contributed by atoms with Crippen molar-refractivity contribution in [3.63, 3.8) is 0 Å². The highest BCUT2D eigenvalue weighted by Gasteiger charge is 2.13. The lowest BCUT2D eigenvalue weighted by Crippen LogP contribution is -2.33. The lowest BCUT2D eigenvalue weighted by Gasteiger charge is -2.23. The predicted octanol–water partition coefficient (Wildman–Crippen LogP) is 1.95. The van der Waals surface area contributed by atoms with E-state index in [1.807, 2.05) is 0 Å². The van der Waals surface area contributed by atoms with Gasteiger partial charge in [-0.05, 0) is 37.9 Å². The SMILES string of the molecule is O=[N+]([O-])c1ccc2nc(NCC3CCCNC3)cnc2c1. The number of piperidine rings is 1. The Balaban J connectivity index is 1.71. The van der Waals surface area contributed by atoms with Crippen molar-refractivity contribution in [1.82, 2.24) is 15.3 Å². The van der Waals surface area contributed by atoms with Crippen LogP contribution in [0, 0.1) is 16.0 Å². The Kier molecular flexibility index (Phi) is 3.92. The zero-order valence-corrected chi connectivity index (χ0v) is 11.6. The van der Waals surface area contributed by atoms with Crippen molar-refractivity contribution >= 4 is 22.5 Å². The average molecular weight is 287 g/mol. The molecule has 0 amide bonds. The Hall–Kier alpha value is -2.28. The third-order valence-electron chi connectivity index (χ3n) is 3.71. The van der Waals surface area contributed by atoms with Gasteiger partial charge in [0.2, 0.25) is 0 Å². The molecule has 2 aromatic rings. The molecule has 0 bridgehead atoms. The van der Waals surface area contributed by atoms with Crippen LogP contribution in [0.3, 0.4) is 0 Å². The molecule has 0 aliphatic carbocycles. The molecule has 0 radical (unpaired) electrons. The number of anilines is 1. The molecule has 7 heteroatoms. The number of nitro benzene ring substituents is 1. The van der Waals surface area contributed by atoms with E-state index in [1.165, 1.54) is 25.0 Å². The van der Waals surface area contributed by atoms with Crippen molar-refractivity contribution in [3.05, 3.63) is 34.5 Å². The predicted molar refractivity (Wildman–Crippen MR) is 80.3 cm³/mol. The van der Waals surface area contributed by atoms with Crippen LogP contribution in [0.25, 0.3) is 11.0 Å². The summed E-state index contributed by atoms with van der Waals surface area (Å²) in [6, 6.07) is 4.52. The third kappa shape index (κ3) is 3.25. The van der Waals surface area contributed by atoms with Crippen molar-refractivity contribution in [1.29, 1.82) is 0 Å². The summed E-state index contributed by atoms with van der Waals surface area (Å²) in [4.78, 5) is 19.0. The summed E-state index contributed by atoms with van der Waals surface area (Å²) in [5, 5.41) is 17.4. The molecule has 1 aromatic heterocycles. The molecule has 2 heterocycles. The topological polar surface area (TPSA) is 93.0 Å². The summed E-state index contributed by atoms with van der Waals surface area (Å²) < 4.78 is 0. The number of rotatable bonds is 4. The first kappa shape index (κ1) is 13.7. The Morgan fingerprint density at radius 1 is 1.43 bits per heavy atom. The van der Waals surface area contributed by atoms with E-state index in [-0.39, 0.29) is 5.69 Å². The maximum Gasteiger partial charge on any atom is 0.271 e. The number of nitrogens with one attached hydrogen (secondary N) is 2. The van der Waals surface area contributed by atoms with Crippen LogP contribution in [0.1, 0.15) is 12.8 Å². The maximum absolute atomic E-state index is 10.7. The number of nitro groups is 1. The summed E-state index contributed by atoms with van der Waals surface area (Å²) in [5.74, 6) is 1.31. The molecule has 1 atom stereocenters. The summed E-state index contributed by atoms with van der Waals surface area (Å²) in [6.45, 7) is 2.99. The zero-order chi connectivity index (χ0) is 14.7. The molecule has 3 rings (SSSR count). The molecule has 0 spiro atoms. The zero-order valence-electron chi connectivity index (χ0n) is 11.6. The van der Waals surface area contributed by atoms with Crippen LogP contribution in [-0.4, -0.2) is 34.5 Å². The van der Waals surface area contributed by atoms with Gasteiger partial charge in [-0.3, -0.25) is 15.1 Å². The highest BCUT2D eigenvalue weighted by Crippen LogP contribution is 2.19. The molecule has 1 aromatic carbocycles. The minimum atomic E-state index is -0.427. The molecule has 110 valence electrons. The van der Waals surface area contributed by atoms with Crippen LogP contribution >= 0.6 is 0 Å². The highest BCUT2D eigenvalue weighted by molar-refractivity contribution is 5.78. The largest absolute Gasteiger partial charge is 0.368 e. The number of aromatic nitrogens is 2. The van der Waals surface area contributed by atoms with Gasteiger partial charge < -0.3 is 10.6 Å². The maximum atomic E-state index is 10.7. The summed E-state index contributed by atoms with van der Waals surface area (Å²) in [5.41, 5.74) is 1.23. The first-order chi connectivity index (χ1) is 10.2. The first-order valence-electron chi connectivity index (χ1n) is 7.08. The Labute approximate surface area is 121 Å². The number of fused-ring (bicyclic) bond motifs is 1. The van der Waals surface area contributed by atoms with E-state index in [0.29, 0.717) is 22.8 Å². The number of benzene rings is 1. The second kappa shape index (κ2) is 6.01. The molecule has 1 aliphatic rings. The van der Waals surface area contributed by atoms with Gasteiger partial charge in [-0.1, -0.05) is 0 Å². The van der Waals surface area contributed by atoms with Crippen molar-refractivity contribution in [2.24, 2.45) is 5.92 Å². The average Bonchev–Trinajstić information content (AvgIpc) is 2.53. The van der Waals surface area contributed by atoms with Crippen LogP contribution < -0.4 is 10.6 Å². The number of hydrogen-bond acceptors (Lipinski definition) is 6. The van der Waals surface area contributed by atoms with Gasteiger partial charge >= 0.3 is 0 Å². The molecule has 1 saturated heterocycles. The molecule has 21 heavy (non-hydrogen) atoms. The van der Waals surface area contributed by atoms with Gasteiger partial charge in [0.05, 0.1) is 22.2 Å². The van der Waals surface area contributed by atoms with Crippen LogP contribution in [0.4, 0.5) is 11.5 Å². The molecule has 1 fully saturated rings. The van der Waals surface area contributed by atoms with E-state index in [1.54, 1.807) is 12.3 Å². The molecule has 2 N–H and O–H groups in total. The second-order valence-electron chi connectivity index (χ2n) is 5.28. The minimum Gasteiger partial charge on any atom is -0.368 e. The summed E-state index contributed by atoms with van der Waals surface area (Å²) >= 11 is 0. The van der Waals surface area contributed by atoms with Gasteiger partial charge in [0.1, 0.15) is 5.82 Å². The van der Waals surface area contributed by atoms with E-state index >= 15 is 0 Å². The Bertz CT molecular complexity index is 655. The molecule has 0 saturated carbocycles. The van der Waals surface area contributed by atoms with E-state index in [2.05, 4.69) is 20.6 Å². The highest BCUT2D eigenvalue weighted by atomic mass is 16.6. The standard InChI is InChI=1S/C14H17N5O2/c20-19(21)11-3-4-12-13(6-11)16-9-14(18-12)17-8-10-2-1-5-15-7-10/h3-4,6,9-10,15H,1-2,5,7-8H2,(H,17,18). The smallest absolute Gasteiger partial charge is 0.271 e. The molecular formula is C14H17N5O2. The minimum absolute atomic E-state index is 0.0331. The monoisotopic (exact) mass is 287 g/mol. The van der Waals surface area contributed by atoms with Gasteiger partial charge in [0.25, 0.3) is 5.69 Å². The van der Waals surface area contributed by atoms with Crippen molar-refractivity contribution in [3.8, 4) is 0 Å². The number of non-ortho nitro benzene ring substituents is 1. The normalized spacial score (nSPS) is 18.6. The Morgan fingerprint density at radius 2 is 2.33 bits per heavy atom. The van der Waals surface area contributed by atoms with Crippen LogP contribution in [-0.2, 0) is 0 Å². The van der Waals surface area contributed by atoms with Gasteiger partial charge in [0.15, 0.2) is 0 Å². The molecular weight excluding hydrogens is 270 g/mol. The van der Waals surface area contributed by atoms with Gasteiger partial charge in [-0.15, -0.1) is 0 Å². The fourth-order valence-corrected chi connectivity index (χ4v) is 2.54. The molecule has 7 nitrogen and oxygen atoms in total. The van der Waals surface area contributed by atoms with Crippen LogP contribution in [0.5, 0.6) is 0 Å². The van der Waals surface area contributed by atoms with Gasteiger partial charge in [-0.2, -0.15) is 0 Å². The fourth-order valence-electron chi connectivity index (χ4n) is 2.54. The van der Waals surface area contributed by atoms with Crippen molar-refractivity contribution < 1.29 is 4.92 Å². The summed E-state index contributed by atoms with van der Waals surface area (Å²) in [6.07, 6.45) is 4.05. The lowest BCUT2D eigenvalue weighted by atomic mass is 10.00. The van der Waals surface area contributed by atoms with Gasteiger partial charge in [0, 0.05) is 18.7 Å². The lowest BCUT2D eigenvalue weighted by molar-refractivity contribution is -0.384. The second-order valence-corrected chi connectivity index (χ2v) is 5.28. The van der Waals surface area contributed by atoms with E-state index in [4.69, 9.17) is 0 Å².